The number of amides is 1. The van der Waals surface area contributed by atoms with Crippen LogP contribution in [-0.2, 0) is 11.0 Å². The van der Waals surface area contributed by atoms with E-state index in [1.807, 2.05) is 6.07 Å². The fraction of sp³-hybridized carbons (Fsp3) is 0.238. The van der Waals surface area contributed by atoms with Gasteiger partial charge in [0, 0.05) is 18.0 Å². The Balaban J connectivity index is 2.17. The minimum absolute atomic E-state index is 0.0827. The number of carbonyl (C=O) groups is 1. The van der Waals surface area contributed by atoms with Crippen LogP contribution in [0, 0.1) is 11.3 Å². The second-order valence-electron chi connectivity index (χ2n) is 6.94. The van der Waals surface area contributed by atoms with Crippen molar-refractivity contribution in [1.29, 1.82) is 5.26 Å². The van der Waals surface area contributed by atoms with E-state index in [1.54, 1.807) is 12.1 Å². The third-order valence-electron chi connectivity index (χ3n) is 4.57. The third-order valence-corrected chi connectivity index (χ3v) is 4.57. The van der Waals surface area contributed by atoms with Gasteiger partial charge in [-0.15, -0.1) is 0 Å². The zero-order valence-electron chi connectivity index (χ0n) is 16.3. The number of fused-ring (bicyclic) bond motifs is 1. The smallest absolute Gasteiger partial charge is 0.266 e. The number of alkyl halides is 5. The van der Waals surface area contributed by atoms with Gasteiger partial charge < -0.3 is 0 Å². The van der Waals surface area contributed by atoms with E-state index in [2.05, 4.69) is 10.1 Å². The second-order valence-corrected chi connectivity index (χ2v) is 6.94. The largest absolute Gasteiger partial charge is 0.416 e. The molecule has 160 valence electrons. The standard InChI is InChI=1S/C21H15F5N4O/c1-12(29-19(31)20(2,22)23)18(14-4-6-16(7-5-14)21(24,25)26)30-17-8-3-13(10-27)9-15(17)11-28-30/h3-9,11,18H,1-2H3/t18-/m0/s1. The Morgan fingerprint density at radius 1 is 1.13 bits per heavy atom. The van der Waals surface area contributed by atoms with Crippen molar-refractivity contribution in [2.75, 3.05) is 0 Å². The predicted octanol–water partition coefficient (Wildman–Crippen LogP) is 5.16. The molecule has 3 aromatic rings. The first-order chi connectivity index (χ1) is 14.4. The quantitative estimate of drug-likeness (QED) is 0.421. The van der Waals surface area contributed by atoms with Gasteiger partial charge >= 0.3 is 18.0 Å². The van der Waals surface area contributed by atoms with Gasteiger partial charge in [-0.05, 0) is 42.8 Å². The molecular formula is C21H15F5N4O. The van der Waals surface area contributed by atoms with Gasteiger partial charge in [0.1, 0.15) is 6.04 Å². The number of carbonyl (C=O) groups excluding carboxylic acids is 1. The number of hydrogen-bond donors (Lipinski definition) is 0. The zero-order chi connectivity index (χ0) is 23.0. The first kappa shape index (κ1) is 22.1. The molecule has 0 spiro atoms. The number of hydrogen-bond acceptors (Lipinski definition) is 3. The van der Waals surface area contributed by atoms with Crippen molar-refractivity contribution in [3.8, 4) is 6.07 Å². The van der Waals surface area contributed by atoms with Gasteiger partial charge in [0.25, 0.3) is 0 Å². The van der Waals surface area contributed by atoms with Crippen LogP contribution in [0.5, 0.6) is 0 Å². The van der Waals surface area contributed by atoms with Crippen LogP contribution < -0.4 is 0 Å². The van der Waals surface area contributed by atoms with Gasteiger partial charge in [-0.2, -0.15) is 32.3 Å². The summed E-state index contributed by atoms with van der Waals surface area (Å²) in [7, 11) is 0. The Morgan fingerprint density at radius 3 is 2.32 bits per heavy atom. The van der Waals surface area contributed by atoms with Gasteiger partial charge in [0.05, 0.1) is 28.9 Å². The number of nitriles is 1. The summed E-state index contributed by atoms with van der Waals surface area (Å²) in [5, 5.41) is 13.8. The number of nitrogens with zero attached hydrogens (tertiary/aromatic N) is 4. The number of rotatable bonds is 4. The minimum Gasteiger partial charge on any atom is -0.266 e. The summed E-state index contributed by atoms with van der Waals surface area (Å²) < 4.78 is 66.9. The normalized spacial score (nSPS) is 13.8. The lowest BCUT2D eigenvalue weighted by atomic mass is 10.0. The van der Waals surface area contributed by atoms with Crippen LogP contribution in [0.1, 0.15) is 36.6 Å². The fourth-order valence-electron chi connectivity index (χ4n) is 3.06. The molecule has 0 fully saturated rings. The molecule has 1 amide bonds. The average molecular weight is 434 g/mol. The van der Waals surface area contributed by atoms with Gasteiger partial charge in [0.2, 0.25) is 0 Å². The first-order valence-electron chi connectivity index (χ1n) is 8.94. The molecule has 0 aliphatic rings. The Bertz CT molecular complexity index is 1200. The van der Waals surface area contributed by atoms with E-state index in [0.29, 0.717) is 23.4 Å². The maximum absolute atomic E-state index is 13.4. The molecule has 0 radical (unpaired) electrons. The van der Waals surface area contributed by atoms with Crippen molar-refractivity contribution < 1.29 is 26.7 Å². The lowest BCUT2D eigenvalue weighted by Crippen LogP contribution is -2.26. The molecule has 0 aliphatic heterocycles. The molecule has 0 aliphatic carbocycles. The van der Waals surface area contributed by atoms with E-state index >= 15 is 0 Å². The van der Waals surface area contributed by atoms with E-state index in [4.69, 9.17) is 5.26 Å². The molecular weight excluding hydrogens is 419 g/mol. The van der Waals surface area contributed by atoms with Crippen LogP contribution >= 0.6 is 0 Å². The summed E-state index contributed by atoms with van der Waals surface area (Å²) in [6.45, 7) is 1.73. The predicted molar refractivity (Wildman–Crippen MR) is 103 cm³/mol. The highest BCUT2D eigenvalue weighted by Crippen LogP contribution is 2.32. The van der Waals surface area contributed by atoms with Gasteiger partial charge in [-0.1, -0.05) is 12.1 Å². The maximum atomic E-state index is 13.4. The van der Waals surface area contributed by atoms with Crippen molar-refractivity contribution in [2.24, 2.45) is 4.99 Å². The lowest BCUT2D eigenvalue weighted by molar-refractivity contribution is -0.139. The van der Waals surface area contributed by atoms with Gasteiger partial charge in [0.15, 0.2) is 0 Å². The molecule has 0 N–H and O–H groups in total. The van der Waals surface area contributed by atoms with E-state index in [1.165, 1.54) is 36.0 Å². The molecule has 1 heterocycles. The summed E-state index contributed by atoms with van der Waals surface area (Å²) in [5.74, 6) is -5.38. The summed E-state index contributed by atoms with van der Waals surface area (Å²) >= 11 is 0. The second kappa shape index (κ2) is 7.91. The van der Waals surface area contributed by atoms with Gasteiger partial charge in [-0.25, -0.2) is 4.99 Å². The van der Waals surface area contributed by atoms with E-state index in [0.717, 1.165) is 12.1 Å². The Hall–Kier alpha value is -3.61. The highest BCUT2D eigenvalue weighted by atomic mass is 19.4. The SMILES string of the molecule is CC(=NC(=O)C(C)(F)F)[C@@H](c1ccc(C(F)(F)F)cc1)n1ncc2cc(C#N)ccc21. The lowest BCUT2D eigenvalue weighted by Gasteiger charge is -2.20. The maximum Gasteiger partial charge on any atom is 0.416 e. The minimum atomic E-state index is -4.55. The van der Waals surface area contributed by atoms with E-state index in [9.17, 15) is 26.7 Å². The molecule has 0 bridgehead atoms. The van der Waals surface area contributed by atoms with E-state index < -0.39 is 29.6 Å². The van der Waals surface area contributed by atoms with Crippen molar-refractivity contribution in [3.63, 3.8) is 0 Å². The van der Waals surface area contributed by atoms with Crippen LogP contribution in [0.4, 0.5) is 22.0 Å². The van der Waals surface area contributed by atoms with Crippen molar-refractivity contribution in [3.05, 3.63) is 65.4 Å². The van der Waals surface area contributed by atoms with Crippen LogP contribution in [0.2, 0.25) is 0 Å². The molecule has 31 heavy (non-hydrogen) atoms. The first-order valence-corrected chi connectivity index (χ1v) is 8.94. The fourth-order valence-corrected chi connectivity index (χ4v) is 3.06. The number of aliphatic imine (C=N–C) groups is 1. The highest BCUT2D eigenvalue weighted by Gasteiger charge is 2.34. The molecule has 1 atom stereocenters. The summed E-state index contributed by atoms with van der Waals surface area (Å²) in [4.78, 5) is 15.2. The van der Waals surface area contributed by atoms with Crippen LogP contribution in [-0.4, -0.2) is 27.3 Å². The summed E-state index contributed by atoms with van der Waals surface area (Å²) in [5.41, 5.74) is 0.139. The average Bonchev–Trinajstić information content (AvgIpc) is 3.10. The van der Waals surface area contributed by atoms with Crippen LogP contribution in [0.3, 0.4) is 0 Å². The zero-order valence-corrected chi connectivity index (χ0v) is 16.3. The number of halogens is 5. The number of benzene rings is 2. The summed E-state index contributed by atoms with van der Waals surface area (Å²) in [6, 6.07) is 9.66. The van der Waals surface area contributed by atoms with Crippen molar-refractivity contribution in [1.82, 2.24) is 9.78 Å². The Labute approximate surface area is 173 Å². The third kappa shape index (κ3) is 4.60. The molecule has 0 unspecified atom stereocenters. The van der Waals surface area contributed by atoms with Crippen LogP contribution in [0.25, 0.3) is 10.9 Å². The topological polar surface area (TPSA) is 71.0 Å². The van der Waals surface area contributed by atoms with Crippen molar-refractivity contribution in [2.45, 2.75) is 32.0 Å². The summed E-state index contributed by atoms with van der Waals surface area (Å²) in [6.07, 6.45) is -3.12. The Morgan fingerprint density at radius 2 is 1.77 bits per heavy atom. The van der Waals surface area contributed by atoms with E-state index in [-0.39, 0.29) is 11.3 Å². The van der Waals surface area contributed by atoms with Gasteiger partial charge in [-0.3, -0.25) is 9.48 Å². The molecule has 3 rings (SSSR count). The molecule has 1 aromatic heterocycles. The van der Waals surface area contributed by atoms with Crippen molar-refractivity contribution >= 4 is 22.5 Å². The van der Waals surface area contributed by atoms with Crippen LogP contribution in [0.15, 0.2) is 53.7 Å². The molecule has 10 heteroatoms. The molecule has 0 saturated carbocycles. The molecule has 2 aromatic carbocycles. The molecule has 5 nitrogen and oxygen atoms in total. The monoisotopic (exact) mass is 434 g/mol. The number of aromatic nitrogens is 2. The Kier molecular flexibility index (Phi) is 5.63. The highest BCUT2D eigenvalue weighted by molar-refractivity contribution is 6.00. The molecule has 0 saturated heterocycles.